The van der Waals surface area contributed by atoms with Gasteiger partial charge in [-0.25, -0.2) is 0 Å². The molecule has 6 heteroatoms. The van der Waals surface area contributed by atoms with Gasteiger partial charge < -0.3 is 14.8 Å². The van der Waals surface area contributed by atoms with Crippen LogP contribution in [0.1, 0.15) is 26.2 Å². The van der Waals surface area contributed by atoms with Crippen molar-refractivity contribution in [3.8, 4) is 11.5 Å². The van der Waals surface area contributed by atoms with Crippen LogP contribution in [0.15, 0.2) is 18.2 Å². The van der Waals surface area contributed by atoms with E-state index in [2.05, 4.69) is 5.32 Å². The summed E-state index contributed by atoms with van der Waals surface area (Å²) < 4.78 is 11.3. The lowest BCUT2D eigenvalue weighted by molar-refractivity contribution is -0.385. The van der Waals surface area contributed by atoms with Crippen LogP contribution in [0.4, 0.5) is 5.69 Å². The first-order valence-corrected chi connectivity index (χ1v) is 7.36. The summed E-state index contributed by atoms with van der Waals surface area (Å²) in [7, 11) is 1.95. The van der Waals surface area contributed by atoms with Gasteiger partial charge in [0.1, 0.15) is 5.75 Å². The Labute approximate surface area is 124 Å². The third kappa shape index (κ3) is 4.07. The van der Waals surface area contributed by atoms with Gasteiger partial charge in [-0.05, 0) is 44.8 Å². The Balaban J connectivity index is 1.99. The van der Waals surface area contributed by atoms with Crippen molar-refractivity contribution in [1.82, 2.24) is 5.32 Å². The quantitative estimate of drug-likeness (QED) is 0.589. The van der Waals surface area contributed by atoms with Gasteiger partial charge in [-0.1, -0.05) is 6.92 Å². The molecule has 2 rings (SSSR count). The minimum absolute atomic E-state index is 0.0162. The van der Waals surface area contributed by atoms with Crippen molar-refractivity contribution >= 4 is 5.69 Å². The van der Waals surface area contributed by atoms with E-state index in [0.29, 0.717) is 18.3 Å². The van der Waals surface area contributed by atoms with E-state index in [1.807, 2.05) is 14.0 Å². The lowest BCUT2D eigenvalue weighted by Gasteiger charge is -2.35. The molecule has 1 aliphatic rings. The van der Waals surface area contributed by atoms with Crippen molar-refractivity contribution in [1.29, 1.82) is 0 Å². The second-order valence-corrected chi connectivity index (χ2v) is 5.37. The normalized spacial score (nSPS) is 20.7. The molecule has 0 bridgehead atoms. The van der Waals surface area contributed by atoms with Crippen LogP contribution in [0.2, 0.25) is 0 Å². The maximum Gasteiger partial charge on any atom is 0.311 e. The van der Waals surface area contributed by atoms with Gasteiger partial charge in [0.15, 0.2) is 0 Å². The number of hydrogen-bond donors (Lipinski definition) is 1. The summed E-state index contributed by atoms with van der Waals surface area (Å²) in [6.07, 6.45) is 3.03. The maximum absolute atomic E-state index is 11.0. The number of ether oxygens (including phenoxy) is 2. The molecule has 0 saturated heterocycles. The van der Waals surface area contributed by atoms with E-state index in [-0.39, 0.29) is 17.5 Å². The first-order valence-electron chi connectivity index (χ1n) is 7.36. The second kappa shape index (κ2) is 7.26. The summed E-state index contributed by atoms with van der Waals surface area (Å²) in [5.41, 5.74) is -0.0162. The fourth-order valence-corrected chi connectivity index (χ4v) is 2.46. The number of rotatable bonds is 8. The molecule has 1 aromatic rings. The summed E-state index contributed by atoms with van der Waals surface area (Å²) in [5.74, 6) is 1.58. The van der Waals surface area contributed by atoms with E-state index >= 15 is 0 Å². The van der Waals surface area contributed by atoms with E-state index in [4.69, 9.17) is 9.47 Å². The Hall–Kier alpha value is -1.82. The third-order valence-corrected chi connectivity index (χ3v) is 3.58. The van der Waals surface area contributed by atoms with Crippen LogP contribution in [-0.4, -0.2) is 31.2 Å². The largest absolute Gasteiger partial charge is 0.490 e. The fourth-order valence-electron chi connectivity index (χ4n) is 2.46. The summed E-state index contributed by atoms with van der Waals surface area (Å²) in [6.45, 7) is 3.42. The van der Waals surface area contributed by atoms with Crippen LogP contribution in [-0.2, 0) is 0 Å². The maximum atomic E-state index is 11.0. The molecule has 1 aliphatic carbocycles. The standard InChI is InChI=1S/C15H22N2O4/c1-3-6-20-15-9-12(4-5-14(15)17(18)19)21-13-7-11(8-13)10-16-2/h4-5,9,11,13,16H,3,6-8,10H2,1-2H3. The van der Waals surface area contributed by atoms with Gasteiger partial charge >= 0.3 is 5.69 Å². The highest BCUT2D eigenvalue weighted by Gasteiger charge is 2.30. The number of nitrogens with zero attached hydrogens (tertiary/aromatic N) is 1. The molecule has 21 heavy (non-hydrogen) atoms. The van der Waals surface area contributed by atoms with Crippen molar-refractivity contribution in [3.63, 3.8) is 0 Å². The lowest BCUT2D eigenvalue weighted by atomic mass is 9.82. The summed E-state index contributed by atoms with van der Waals surface area (Å²) in [4.78, 5) is 10.5. The average Bonchev–Trinajstić information content (AvgIpc) is 2.42. The van der Waals surface area contributed by atoms with Gasteiger partial charge in [0.05, 0.1) is 17.6 Å². The molecule has 0 aromatic heterocycles. The third-order valence-electron chi connectivity index (χ3n) is 3.58. The van der Waals surface area contributed by atoms with E-state index in [1.54, 1.807) is 12.1 Å². The molecule has 0 spiro atoms. The molecule has 6 nitrogen and oxygen atoms in total. The molecular weight excluding hydrogens is 272 g/mol. The van der Waals surface area contributed by atoms with Crippen LogP contribution in [0.5, 0.6) is 11.5 Å². The van der Waals surface area contributed by atoms with Gasteiger partial charge in [0.2, 0.25) is 5.75 Å². The first-order chi connectivity index (χ1) is 10.1. The summed E-state index contributed by atoms with van der Waals surface area (Å²) in [5, 5.41) is 14.1. The lowest BCUT2D eigenvalue weighted by Crippen LogP contribution is -2.38. The second-order valence-electron chi connectivity index (χ2n) is 5.37. The zero-order chi connectivity index (χ0) is 15.2. The minimum atomic E-state index is -0.429. The summed E-state index contributed by atoms with van der Waals surface area (Å²) in [6, 6.07) is 4.71. The molecule has 116 valence electrons. The first kappa shape index (κ1) is 15.6. The zero-order valence-corrected chi connectivity index (χ0v) is 12.5. The van der Waals surface area contributed by atoms with E-state index in [1.165, 1.54) is 6.07 Å². The van der Waals surface area contributed by atoms with E-state index in [0.717, 1.165) is 25.8 Å². The molecular formula is C15H22N2O4. The highest BCUT2D eigenvalue weighted by Crippen LogP contribution is 2.35. The highest BCUT2D eigenvalue weighted by molar-refractivity contribution is 5.50. The number of hydrogen-bond acceptors (Lipinski definition) is 5. The Bertz CT molecular complexity index is 487. The molecule has 0 heterocycles. The minimum Gasteiger partial charge on any atom is -0.490 e. The molecule has 1 saturated carbocycles. The number of benzene rings is 1. The highest BCUT2D eigenvalue weighted by atomic mass is 16.6. The van der Waals surface area contributed by atoms with E-state index in [9.17, 15) is 10.1 Å². The predicted molar refractivity (Wildman–Crippen MR) is 79.9 cm³/mol. The Morgan fingerprint density at radius 3 is 2.81 bits per heavy atom. The Morgan fingerprint density at radius 1 is 1.43 bits per heavy atom. The van der Waals surface area contributed by atoms with Gasteiger partial charge in [-0.15, -0.1) is 0 Å². The molecule has 0 radical (unpaired) electrons. The van der Waals surface area contributed by atoms with Crippen molar-refractivity contribution in [2.45, 2.75) is 32.3 Å². The molecule has 1 fully saturated rings. The van der Waals surface area contributed by atoms with Crippen molar-refractivity contribution in [3.05, 3.63) is 28.3 Å². The fraction of sp³-hybridized carbons (Fsp3) is 0.600. The van der Waals surface area contributed by atoms with Crippen LogP contribution >= 0.6 is 0 Å². The molecule has 0 atom stereocenters. The predicted octanol–water partition coefficient (Wildman–Crippen LogP) is 2.76. The molecule has 1 N–H and O–H groups in total. The Morgan fingerprint density at radius 2 is 2.19 bits per heavy atom. The topological polar surface area (TPSA) is 73.6 Å². The van der Waals surface area contributed by atoms with Crippen molar-refractivity contribution in [2.75, 3.05) is 20.2 Å². The monoisotopic (exact) mass is 294 g/mol. The summed E-state index contributed by atoms with van der Waals surface area (Å²) >= 11 is 0. The number of nitro benzene ring substituents is 1. The van der Waals surface area contributed by atoms with Crippen molar-refractivity contribution < 1.29 is 14.4 Å². The van der Waals surface area contributed by atoms with Gasteiger partial charge in [0.25, 0.3) is 0 Å². The molecule has 1 aromatic carbocycles. The molecule has 0 amide bonds. The van der Waals surface area contributed by atoms with Crippen LogP contribution in [0.3, 0.4) is 0 Å². The van der Waals surface area contributed by atoms with Crippen LogP contribution in [0, 0.1) is 16.0 Å². The van der Waals surface area contributed by atoms with Crippen molar-refractivity contribution in [2.24, 2.45) is 5.92 Å². The Kier molecular flexibility index (Phi) is 5.38. The number of nitrogens with one attached hydrogen (secondary N) is 1. The van der Waals surface area contributed by atoms with Gasteiger partial charge in [-0.3, -0.25) is 10.1 Å². The van der Waals surface area contributed by atoms with Gasteiger partial charge in [-0.2, -0.15) is 0 Å². The average molecular weight is 294 g/mol. The smallest absolute Gasteiger partial charge is 0.311 e. The van der Waals surface area contributed by atoms with Crippen LogP contribution < -0.4 is 14.8 Å². The number of nitro groups is 1. The van der Waals surface area contributed by atoms with E-state index < -0.39 is 4.92 Å². The van der Waals surface area contributed by atoms with Crippen LogP contribution in [0.25, 0.3) is 0 Å². The molecule has 0 aliphatic heterocycles. The zero-order valence-electron chi connectivity index (χ0n) is 12.5. The SMILES string of the molecule is CCCOc1cc(OC2CC(CNC)C2)ccc1[N+](=O)[O-]. The molecule has 0 unspecified atom stereocenters. The van der Waals surface area contributed by atoms with Gasteiger partial charge in [0, 0.05) is 12.1 Å².